The SMILES string of the molecule is CC1OC(C)(C)OCC1[C@@H]1C[C@H]2c3c(c4ccccc4n3C)C[C@@H]([C@@H]1CO)N2C. The van der Waals surface area contributed by atoms with Crippen LogP contribution in [-0.2, 0) is 22.9 Å². The largest absolute Gasteiger partial charge is 0.396 e. The van der Waals surface area contributed by atoms with E-state index in [4.69, 9.17) is 9.47 Å². The van der Waals surface area contributed by atoms with Crippen LogP contribution in [-0.4, -0.2) is 52.8 Å². The van der Waals surface area contributed by atoms with Gasteiger partial charge in [0.1, 0.15) is 0 Å². The molecule has 2 aromatic rings. The highest BCUT2D eigenvalue weighted by Gasteiger charge is 2.51. The maximum absolute atomic E-state index is 10.5. The molecule has 2 saturated heterocycles. The van der Waals surface area contributed by atoms with E-state index in [1.165, 1.54) is 22.2 Å². The molecule has 1 aromatic heterocycles. The van der Waals surface area contributed by atoms with Crippen LogP contribution in [0, 0.1) is 17.8 Å². The second-order valence-corrected chi connectivity index (χ2v) is 9.84. The molecule has 5 heteroatoms. The van der Waals surface area contributed by atoms with Crippen LogP contribution in [0.4, 0.5) is 0 Å². The van der Waals surface area contributed by atoms with Gasteiger partial charge in [-0.25, -0.2) is 0 Å². The summed E-state index contributed by atoms with van der Waals surface area (Å²) in [6.45, 7) is 7.10. The number of hydrogen-bond donors (Lipinski definition) is 1. The number of rotatable bonds is 2. The Bertz CT molecular complexity index is 920. The number of hydrogen-bond acceptors (Lipinski definition) is 4. The average Bonchev–Trinajstić information content (AvgIpc) is 2.94. The lowest BCUT2D eigenvalue weighted by atomic mass is 9.65. The van der Waals surface area contributed by atoms with Crippen LogP contribution in [0.1, 0.15) is 44.5 Å². The van der Waals surface area contributed by atoms with E-state index in [-0.39, 0.29) is 18.6 Å². The first kappa shape index (κ1) is 19.6. The van der Waals surface area contributed by atoms with E-state index >= 15 is 0 Å². The fourth-order valence-electron chi connectivity index (χ4n) is 6.58. The van der Waals surface area contributed by atoms with Gasteiger partial charge < -0.3 is 19.1 Å². The van der Waals surface area contributed by atoms with E-state index in [2.05, 4.69) is 54.8 Å². The van der Waals surface area contributed by atoms with Crippen molar-refractivity contribution in [3.8, 4) is 0 Å². The number of likely N-dealkylation sites (N-methyl/N-ethyl adjacent to an activating group) is 1. The number of aliphatic hydroxyl groups excluding tert-OH is 1. The van der Waals surface area contributed by atoms with Crippen molar-refractivity contribution in [3.05, 3.63) is 35.5 Å². The minimum Gasteiger partial charge on any atom is -0.396 e. The maximum Gasteiger partial charge on any atom is 0.163 e. The fraction of sp³-hybridized carbons (Fsp3) is 0.667. The highest BCUT2D eigenvalue weighted by Crippen LogP contribution is 2.51. The number of piperidine rings is 1. The second kappa shape index (κ2) is 6.81. The first-order valence-electron chi connectivity index (χ1n) is 11.0. The van der Waals surface area contributed by atoms with Crippen molar-refractivity contribution in [2.45, 2.75) is 57.6 Å². The maximum atomic E-state index is 10.5. The number of ether oxygens (including phenoxy) is 2. The molecule has 5 nitrogen and oxygen atoms in total. The normalized spacial score (nSPS) is 36.9. The summed E-state index contributed by atoms with van der Waals surface area (Å²) < 4.78 is 14.7. The van der Waals surface area contributed by atoms with Crippen molar-refractivity contribution in [2.24, 2.45) is 24.8 Å². The number of fused-ring (bicyclic) bond motifs is 6. The molecule has 0 amide bonds. The van der Waals surface area contributed by atoms with Crippen LogP contribution in [0.3, 0.4) is 0 Å². The van der Waals surface area contributed by atoms with Gasteiger partial charge >= 0.3 is 0 Å². The molecule has 3 aliphatic rings. The van der Waals surface area contributed by atoms with E-state index in [9.17, 15) is 5.11 Å². The zero-order valence-electron chi connectivity index (χ0n) is 18.3. The van der Waals surface area contributed by atoms with Gasteiger partial charge in [-0.3, -0.25) is 4.90 Å². The Kier molecular flexibility index (Phi) is 4.59. The zero-order valence-corrected chi connectivity index (χ0v) is 18.3. The average molecular weight is 399 g/mol. The van der Waals surface area contributed by atoms with Crippen LogP contribution in [0.15, 0.2) is 24.3 Å². The summed E-state index contributed by atoms with van der Waals surface area (Å²) in [6, 6.07) is 9.48. The third-order valence-electron chi connectivity index (χ3n) is 8.00. The van der Waals surface area contributed by atoms with Gasteiger partial charge in [0.25, 0.3) is 0 Å². The molecule has 2 bridgehead atoms. The number of nitrogens with zero attached hydrogens (tertiary/aromatic N) is 2. The van der Waals surface area contributed by atoms with Gasteiger partial charge in [-0.05, 0) is 58.2 Å². The molecule has 0 saturated carbocycles. The van der Waals surface area contributed by atoms with Crippen molar-refractivity contribution in [1.82, 2.24) is 9.47 Å². The topological polar surface area (TPSA) is 46.9 Å². The minimum atomic E-state index is -0.519. The molecule has 1 aromatic carbocycles. The molecule has 29 heavy (non-hydrogen) atoms. The highest BCUT2D eigenvalue weighted by atomic mass is 16.7. The first-order chi connectivity index (χ1) is 13.8. The Morgan fingerprint density at radius 2 is 1.93 bits per heavy atom. The van der Waals surface area contributed by atoms with Crippen molar-refractivity contribution in [2.75, 3.05) is 20.3 Å². The summed E-state index contributed by atoms with van der Waals surface area (Å²) in [5.74, 6) is 0.428. The number of para-hydroxylation sites is 1. The Hall–Kier alpha value is -1.40. The standard InChI is InChI=1S/C24H34N2O3/c1-14-19(13-28-24(2,3)29-14)16-10-22-23-17(11-21(25(22)4)18(16)12-27)15-8-6-7-9-20(15)26(23)5/h6-9,14,16,18-19,21-22,27H,10-13H2,1-5H3/t14?,16-,18-,19?,21+,22+/m1/s1. The first-order valence-corrected chi connectivity index (χ1v) is 11.0. The van der Waals surface area contributed by atoms with Gasteiger partial charge in [-0.1, -0.05) is 18.2 Å². The Morgan fingerprint density at radius 1 is 1.17 bits per heavy atom. The van der Waals surface area contributed by atoms with Crippen LogP contribution >= 0.6 is 0 Å². The number of benzene rings is 1. The lowest BCUT2D eigenvalue weighted by Gasteiger charge is -2.55. The van der Waals surface area contributed by atoms with Gasteiger partial charge in [-0.2, -0.15) is 0 Å². The molecular formula is C24H34N2O3. The molecule has 6 atom stereocenters. The van der Waals surface area contributed by atoms with Crippen LogP contribution < -0.4 is 0 Å². The van der Waals surface area contributed by atoms with Crippen molar-refractivity contribution in [3.63, 3.8) is 0 Å². The van der Waals surface area contributed by atoms with Crippen molar-refractivity contribution in [1.29, 1.82) is 0 Å². The van der Waals surface area contributed by atoms with Crippen LogP contribution in [0.25, 0.3) is 10.9 Å². The second-order valence-electron chi connectivity index (χ2n) is 9.84. The molecule has 5 rings (SSSR count). The molecular weight excluding hydrogens is 364 g/mol. The predicted molar refractivity (Wildman–Crippen MR) is 114 cm³/mol. The molecule has 0 spiro atoms. The summed E-state index contributed by atoms with van der Waals surface area (Å²) in [7, 11) is 4.45. The lowest BCUT2D eigenvalue weighted by Crippen LogP contribution is -2.58. The molecule has 2 fully saturated rings. The van der Waals surface area contributed by atoms with Crippen LogP contribution in [0.5, 0.6) is 0 Å². The molecule has 3 aliphatic heterocycles. The van der Waals surface area contributed by atoms with Gasteiger partial charge in [0.2, 0.25) is 0 Å². The smallest absolute Gasteiger partial charge is 0.163 e. The highest BCUT2D eigenvalue weighted by molar-refractivity contribution is 5.86. The Morgan fingerprint density at radius 3 is 2.66 bits per heavy atom. The summed E-state index contributed by atoms with van der Waals surface area (Å²) in [6.07, 6.45) is 2.17. The monoisotopic (exact) mass is 398 g/mol. The van der Waals surface area contributed by atoms with E-state index in [0.717, 1.165) is 12.8 Å². The van der Waals surface area contributed by atoms with Gasteiger partial charge in [-0.15, -0.1) is 0 Å². The van der Waals surface area contributed by atoms with Crippen molar-refractivity contribution < 1.29 is 14.6 Å². The van der Waals surface area contributed by atoms with E-state index in [0.29, 0.717) is 30.5 Å². The van der Waals surface area contributed by atoms with E-state index in [1.54, 1.807) is 0 Å². The fourth-order valence-corrected chi connectivity index (χ4v) is 6.58. The van der Waals surface area contributed by atoms with E-state index in [1.807, 2.05) is 13.8 Å². The Labute approximate surface area is 173 Å². The molecule has 0 radical (unpaired) electrons. The number of aromatic nitrogens is 1. The molecule has 0 aliphatic carbocycles. The number of aliphatic hydroxyl groups is 1. The Balaban J connectivity index is 1.55. The third kappa shape index (κ3) is 2.89. The summed E-state index contributed by atoms with van der Waals surface area (Å²) in [5, 5.41) is 11.8. The van der Waals surface area contributed by atoms with Crippen LogP contribution in [0.2, 0.25) is 0 Å². The zero-order chi connectivity index (χ0) is 20.5. The lowest BCUT2D eigenvalue weighted by molar-refractivity contribution is -0.300. The summed E-state index contributed by atoms with van der Waals surface area (Å²) >= 11 is 0. The molecule has 1 N–H and O–H groups in total. The predicted octanol–water partition coefficient (Wildman–Crippen LogP) is 3.49. The summed E-state index contributed by atoms with van der Waals surface area (Å²) in [4.78, 5) is 2.53. The molecule has 158 valence electrons. The molecule has 2 unspecified atom stereocenters. The van der Waals surface area contributed by atoms with Gasteiger partial charge in [0, 0.05) is 48.1 Å². The number of aryl methyl sites for hydroxylation is 1. The summed E-state index contributed by atoms with van der Waals surface area (Å²) in [5.41, 5.74) is 4.25. The van der Waals surface area contributed by atoms with Crippen molar-refractivity contribution >= 4 is 10.9 Å². The molecule has 4 heterocycles. The quantitative estimate of drug-likeness (QED) is 0.841. The van der Waals surface area contributed by atoms with Gasteiger partial charge in [0.05, 0.1) is 18.8 Å². The van der Waals surface area contributed by atoms with Gasteiger partial charge in [0.15, 0.2) is 5.79 Å². The minimum absolute atomic E-state index is 0.133. The third-order valence-corrected chi connectivity index (χ3v) is 8.00. The van der Waals surface area contributed by atoms with E-state index < -0.39 is 5.79 Å².